The highest BCUT2D eigenvalue weighted by atomic mass is 32.2. The molecular formula is C17H23NO4S. The lowest BCUT2D eigenvalue weighted by Gasteiger charge is -2.26. The van der Waals surface area contributed by atoms with Gasteiger partial charge in [-0.05, 0) is 46.8 Å². The molecule has 1 aromatic rings. The van der Waals surface area contributed by atoms with E-state index < -0.39 is 21.7 Å². The molecule has 1 aromatic carbocycles. The lowest BCUT2D eigenvalue weighted by atomic mass is 10.2. The first-order chi connectivity index (χ1) is 10.6. The Morgan fingerprint density at radius 2 is 1.78 bits per heavy atom. The molecule has 0 bridgehead atoms. The van der Waals surface area contributed by atoms with Gasteiger partial charge < -0.3 is 4.74 Å². The SMILES string of the molecule is CC#CCCN(C(=O)OC(C)(C)C)S(=O)(=O)c1ccc(C)cc1. The number of sulfonamides is 1. The van der Waals surface area contributed by atoms with E-state index in [1.54, 1.807) is 39.8 Å². The molecule has 5 nitrogen and oxygen atoms in total. The van der Waals surface area contributed by atoms with Gasteiger partial charge in [-0.15, -0.1) is 11.8 Å². The zero-order valence-electron chi connectivity index (χ0n) is 14.2. The summed E-state index contributed by atoms with van der Waals surface area (Å²) in [4.78, 5) is 12.4. The molecule has 0 aliphatic rings. The molecule has 0 spiro atoms. The number of hydrogen-bond acceptors (Lipinski definition) is 4. The number of carbonyl (C=O) groups excluding carboxylic acids is 1. The summed E-state index contributed by atoms with van der Waals surface area (Å²) in [7, 11) is -3.98. The van der Waals surface area contributed by atoms with Crippen LogP contribution in [0.4, 0.5) is 4.79 Å². The first kappa shape index (κ1) is 19.0. The first-order valence-corrected chi connectivity index (χ1v) is 8.74. The van der Waals surface area contributed by atoms with Crippen LogP contribution >= 0.6 is 0 Å². The normalized spacial score (nSPS) is 11.3. The van der Waals surface area contributed by atoms with Crippen LogP contribution in [0.2, 0.25) is 0 Å². The first-order valence-electron chi connectivity index (χ1n) is 7.30. The van der Waals surface area contributed by atoms with Gasteiger partial charge in [0.15, 0.2) is 0 Å². The summed E-state index contributed by atoms with van der Waals surface area (Å²) in [5, 5.41) is 0. The van der Waals surface area contributed by atoms with Gasteiger partial charge in [-0.25, -0.2) is 13.2 Å². The summed E-state index contributed by atoms with van der Waals surface area (Å²) >= 11 is 0. The lowest BCUT2D eigenvalue weighted by Crippen LogP contribution is -2.41. The van der Waals surface area contributed by atoms with Gasteiger partial charge in [0.1, 0.15) is 5.60 Å². The Balaban J connectivity index is 3.17. The average Bonchev–Trinajstić information content (AvgIpc) is 2.41. The van der Waals surface area contributed by atoms with E-state index in [0.717, 1.165) is 9.87 Å². The van der Waals surface area contributed by atoms with Crippen molar-refractivity contribution < 1.29 is 17.9 Å². The zero-order valence-corrected chi connectivity index (χ0v) is 15.0. The van der Waals surface area contributed by atoms with E-state index in [-0.39, 0.29) is 17.9 Å². The van der Waals surface area contributed by atoms with Crippen molar-refractivity contribution in [1.82, 2.24) is 4.31 Å². The maximum atomic E-state index is 12.7. The molecule has 6 heteroatoms. The summed E-state index contributed by atoms with van der Waals surface area (Å²) in [5.41, 5.74) is 0.152. The van der Waals surface area contributed by atoms with E-state index in [0.29, 0.717) is 0 Å². The summed E-state index contributed by atoms with van der Waals surface area (Å²) in [6, 6.07) is 6.33. The fourth-order valence-electron chi connectivity index (χ4n) is 1.74. The van der Waals surface area contributed by atoms with Crippen LogP contribution in [0.1, 0.15) is 39.7 Å². The van der Waals surface area contributed by atoms with Crippen molar-refractivity contribution in [2.75, 3.05) is 6.54 Å². The number of nitrogens with zero attached hydrogens (tertiary/aromatic N) is 1. The molecule has 0 heterocycles. The van der Waals surface area contributed by atoms with Crippen molar-refractivity contribution in [3.8, 4) is 11.8 Å². The van der Waals surface area contributed by atoms with Crippen LogP contribution < -0.4 is 0 Å². The summed E-state index contributed by atoms with van der Waals surface area (Å²) in [6.45, 7) is 8.53. The number of amides is 1. The molecule has 0 saturated carbocycles. The molecule has 126 valence electrons. The monoisotopic (exact) mass is 337 g/mol. The highest BCUT2D eigenvalue weighted by molar-refractivity contribution is 7.89. The highest BCUT2D eigenvalue weighted by Gasteiger charge is 2.32. The van der Waals surface area contributed by atoms with Gasteiger partial charge in [0.25, 0.3) is 10.0 Å². The van der Waals surface area contributed by atoms with Crippen LogP contribution in [-0.2, 0) is 14.8 Å². The molecule has 0 aliphatic heterocycles. The van der Waals surface area contributed by atoms with Crippen molar-refractivity contribution in [3.05, 3.63) is 29.8 Å². The smallest absolute Gasteiger partial charge is 0.424 e. The van der Waals surface area contributed by atoms with E-state index in [1.807, 2.05) is 6.92 Å². The van der Waals surface area contributed by atoms with E-state index in [9.17, 15) is 13.2 Å². The minimum Gasteiger partial charge on any atom is -0.443 e. The number of benzene rings is 1. The van der Waals surface area contributed by atoms with Gasteiger partial charge >= 0.3 is 6.09 Å². The van der Waals surface area contributed by atoms with Crippen LogP contribution in [0, 0.1) is 18.8 Å². The maximum absolute atomic E-state index is 12.7. The van der Waals surface area contributed by atoms with E-state index >= 15 is 0 Å². The Morgan fingerprint density at radius 1 is 1.22 bits per heavy atom. The fraction of sp³-hybridized carbons (Fsp3) is 0.471. The molecule has 1 amide bonds. The predicted octanol–water partition coefficient (Wildman–Crippen LogP) is 3.33. The van der Waals surface area contributed by atoms with Gasteiger partial charge in [-0.3, -0.25) is 0 Å². The summed E-state index contributed by atoms with van der Waals surface area (Å²) < 4.78 is 31.4. The number of rotatable bonds is 4. The van der Waals surface area contributed by atoms with Gasteiger partial charge in [0.05, 0.1) is 11.4 Å². The van der Waals surface area contributed by atoms with Crippen LogP contribution in [0.3, 0.4) is 0 Å². The molecule has 1 rings (SSSR count). The van der Waals surface area contributed by atoms with Crippen molar-refractivity contribution >= 4 is 16.1 Å². The standard InChI is InChI=1S/C17H23NO4S/c1-6-7-8-13-18(16(19)22-17(3,4)5)23(20,21)15-11-9-14(2)10-12-15/h9-12H,8,13H2,1-5H3. The summed E-state index contributed by atoms with van der Waals surface area (Å²) in [6.07, 6.45) is -0.642. The minimum absolute atomic E-state index is 0.0496. The third-order valence-electron chi connectivity index (χ3n) is 2.82. The number of carbonyl (C=O) groups is 1. The van der Waals surface area contributed by atoms with Gasteiger partial charge in [0.2, 0.25) is 0 Å². The second-order valence-corrected chi connectivity index (χ2v) is 7.91. The van der Waals surface area contributed by atoms with E-state index in [4.69, 9.17) is 4.74 Å². The second kappa shape index (κ2) is 7.51. The van der Waals surface area contributed by atoms with Crippen molar-refractivity contribution in [1.29, 1.82) is 0 Å². The van der Waals surface area contributed by atoms with Crippen LogP contribution in [0.15, 0.2) is 29.2 Å². The van der Waals surface area contributed by atoms with Crippen molar-refractivity contribution in [2.45, 2.75) is 51.5 Å². The summed E-state index contributed by atoms with van der Waals surface area (Å²) in [5.74, 6) is 5.45. The average molecular weight is 337 g/mol. The van der Waals surface area contributed by atoms with Gasteiger partial charge in [-0.2, -0.15) is 4.31 Å². The Hall–Kier alpha value is -2.00. The number of hydrogen-bond donors (Lipinski definition) is 0. The molecule has 0 saturated heterocycles. The maximum Gasteiger partial charge on any atom is 0.424 e. The molecule has 0 atom stereocenters. The third kappa shape index (κ3) is 5.61. The number of ether oxygens (including phenoxy) is 1. The van der Waals surface area contributed by atoms with Gasteiger partial charge in [-0.1, -0.05) is 17.7 Å². The quantitative estimate of drug-likeness (QED) is 0.791. The van der Waals surface area contributed by atoms with Crippen LogP contribution in [0.5, 0.6) is 0 Å². The predicted molar refractivity (Wildman–Crippen MR) is 89.4 cm³/mol. The molecule has 23 heavy (non-hydrogen) atoms. The lowest BCUT2D eigenvalue weighted by molar-refractivity contribution is 0.0393. The minimum atomic E-state index is -3.98. The molecule has 0 aliphatic carbocycles. The Morgan fingerprint density at radius 3 is 2.26 bits per heavy atom. The highest BCUT2D eigenvalue weighted by Crippen LogP contribution is 2.20. The van der Waals surface area contributed by atoms with Crippen LogP contribution in [-0.4, -0.2) is 31.0 Å². The molecule has 0 fully saturated rings. The fourth-order valence-corrected chi connectivity index (χ4v) is 3.04. The molecule has 0 radical (unpaired) electrons. The molecule has 0 N–H and O–H groups in total. The van der Waals surface area contributed by atoms with E-state index in [1.165, 1.54) is 12.1 Å². The third-order valence-corrected chi connectivity index (χ3v) is 4.60. The number of aryl methyl sites for hydroxylation is 1. The van der Waals surface area contributed by atoms with E-state index in [2.05, 4.69) is 11.8 Å². The Labute approximate surface area is 138 Å². The van der Waals surface area contributed by atoms with Crippen molar-refractivity contribution in [3.63, 3.8) is 0 Å². The second-order valence-electron chi connectivity index (χ2n) is 6.05. The van der Waals surface area contributed by atoms with Gasteiger partial charge in [0, 0.05) is 6.42 Å². The molecule has 0 unspecified atom stereocenters. The van der Waals surface area contributed by atoms with Crippen molar-refractivity contribution in [2.24, 2.45) is 0 Å². The topological polar surface area (TPSA) is 63.7 Å². The largest absolute Gasteiger partial charge is 0.443 e. The Bertz CT molecular complexity index is 704. The Kier molecular flexibility index (Phi) is 6.22. The van der Waals surface area contributed by atoms with Crippen LogP contribution in [0.25, 0.3) is 0 Å². The zero-order chi connectivity index (χ0) is 17.7. The molecular weight excluding hydrogens is 314 g/mol. The molecule has 0 aromatic heterocycles.